The van der Waals surface area contributed by atoms with Crippen molar-refractivity contribution in [1.29, 1.82) is 0 Å². The summed E-state index contributed by atoms with van der Waals surface area (Å²) in [6, 6.07) is 24.1. The van der Waals surface area contributed by atoms with Gasteiger partial charge >= 0.3 is 0 Å². The smallest absolute Gasteiger partial charge is 0.265 e. The molecule has 146 valence electrons. The Bertz CT molecular complexity index is 1250. The van der Waals surface area contributed by atoms with Crippen molar-refractivity contribution < 1.29 is 8.42 Å². The van der Waals surface area contributed by atoms with E-state index in [9.17, 15) is 8.42 Å². The van der Waals surface area contributed by atoms with E-state index in [1.54, 1.807) is 23.0 Å². The number of nitrogens with zero attached hydrogens (tertiary/aromatic N) is 2. The van der Waals surface area contributed by atoms with Gasteiger partial charge in [-0.1, -0.05) is 64.5 Å². The molecular formula is C22H18BrN3O2S. The lowest BCUT2D eigenvalue weighted by Crippen LogP contribution is -2.13. The molecule has 7 heteroatoms. The number of halogens is 1. The predicted octanol–water partition coefficient (Wildman–Crippen LogP) is 5.41. The lowest BCUT2D eigenvalue weighted by molar-refractivity contribution is 0.601. The molecule has 1 N–H and O–H groups in total. The molecule has 3 aromatic carbocycles. The van der Waals surface area contributed by atoms with Crippen LogP contribution in [0.1, 0.15) is 5.56 Å². The number of anilines is 1. The Morgan fingerprint density at radius 3 is 2.24 bits per heavy atom. The van der Waals surface area contributed by atoms with Crippen LogP contribution in [0.4, 0.5) is 5.69 Å². The number of benzene rings is 3. The van der Waals surface area contributed by atoms with E-state index in [1.807, 2.05) is 73.7 Å². The molecule has 0 fully saturated rings. The van der Waals surface area contributed by atoms with Crippen molar-refractivity contribution in [2.45, 2.75) is 11.8 Å². The molecule has 0 aliphatic carbocycles. The minimum atomic E-state index is -3.86. The number of para-hydroxylation sites is 1. The van der Waals surface area contributed by atoms with Gasteiger partial charge in [0.05, 0.1) is 11.9 Å². The summed E-state index contributed by atoms with van der Waals surface area (Å²) in [6.45, 7) is 1.91. The molecular weight excluding hydrogens is 450 g/mol. The van der Waals surface area contributed by atoms with Crippen molar-refractivity contribution >= 4 is 31.6 Å². The highest BCUT2D eigenvalue weighted by molar-refractivity contribution is 9.10. The Balaban J connectivity index is 1.82. The summed E-state index contributed by atoms with van der Waals surface area (Å²) >= 11 is 3.43. The molecule has 4 aromatic rings. The largest absolute Gasteiger partial charge is 0.280 e. The highest BCUT2D eigenvalue weighted by Gasteiger charge is 2.24. The van der Waals surface area contributed by atoms with Gasteiger partial charge in [0, 0.05) is 15.7 Å². The van der Waals surface area contributed by atoms with Crippen LogP contribution < -0.4 is 4.72 Å². The minimum absolute atomic E-state index is 0.119. The van der Waals surface area contributed by atoms with Gasteiger partial charge in [0.25, 0.3) is 10.0 Å². The van der Waals surface area contributed by atoms with E-state index in [0.717, 1.165) is 21.3 Å². The molecule has 0 atom stereocenters. The molecule has 4 rings (SSSR count). The molecule has 29 heavy (non-hydrogen) atoms. The summed E-state index contributed by atoms with van der Waals surface area (Å²) in [5, 5.41) is 4.58. The summed E-state index contributed by atoms with van der Waals surface area (Å²) in [5.41, 5.74) is 3.35. The summed E-state index contributed by atoms with van der Waals surface area (Å²) in [6.07, 6.45) is 1.55. The maximum absolute atomic E-state index is 13.3. The zero-order chi connectivity index (χ0) is 20.4. The maximum atomic E-state index is 13.3. The van der Waals surface area contributed by atoms with E-state index in [2.05, 4.69) is 25.8 Å². The number of nitrogens with one attached hydrogen (secondary N) is 1. The SMILES string of the molecule is Cc1cc(NS(=O)(=O)c2cn(-c3ccccc3)nc2-c2ccccc2)ccc1Br. The van der Waals surface area contributed by atoms with Crippen molar-refractivity contribution in [3.8, 4) is 16.9 Å². The Morgan fingerprint density at radius 1 is 0.931 bits per heavy atom. The monoisotopic (exact) mass is 467 g/mol. The van der Waals surface area contributed by atoms with Crippen LogP contribution in [0.3, 0.4) is 0 Å². The van der Waals surface area contributed by atoms with E-state index in [-0.39, 0.29) is 4.90 Å². The molecule has 0 saturated carbocycles. The third-order valence-electron chi connectivity index (χ3n) is 4.45. The van der Waals surface area contributed by atoms with Gasteiger partial charge < -0.3 is 0 Å². The molecule has 0 amide bonds. The van der Waals surface area contributed by atoms with Gasteiger partial charge in [-0.05, 0) is 42.8 Å². The molecule has 5 nitrogen and oxygen atoms in total. The number of hydrogen-bond acceptors (Lipinski definition) is 3. The molecule has 0 bridgehead atoms. The third kappa shape index (κ3) is 4.11. The van der Waals surface area contributed by atoms with Crippen LogP contribution in [0.5, 0.6) is 0 Å². The first kappa shape index (κ1) is 19.4. The molecule has 1 aromatic heterocycles. The summed E-state index contributed by atoms with van der Waals surface area (Å²) in [4.78, 5) is 0.119. The van der Waals surface area contributed by atoms with Crippen LogP contribution in [0.15, 0.2) is 94.4 Å². The second-order valence-electron chi connectivity index (χ2n) is 6.56. The Kier molecular flexibility index (Phi) is 5.25. The number of rotatable bonds is 5. The van der Waals surface area contributed by atoms with Gasteiger partial charge in [-0.2, -0.15) is 5.10 Å². The van der Waals surface area contributed by atoms with Crippen molar-refractivity contribution in [1.82, 2.24) is 9.78 Å². The zero-order valence-corrected chi connectivity index (χ0v) is 18.0. The van der Waals surface area contributed by atoms with E-state index in [1.165, 1.54) is 0 Å². The normalized spacial score (nSPS) is 11.4. The van der Waals surface area contributed by atoms with E-state index in [0.29, 0.717) is 11.4 Å². The molecule has 0 unspecified atom stereocenters. The molecule has 1 heterocycles. The van der Waals surface area contributed by atoms with Crippen molar-refractivity contribution in [2.75, 3.05) is 4.72 Å². The Labute approximate surface area is 178 Å². The second-order valence-corrected chi connectivity index (χ2v) is 9.06. The fourth-order valence-corrected chi connectivity index (χ4v) is 4.43. The lowest BCUT2D eigenvalue weighted by Gasteiger charge is -2.09. The van der Waals surface area contributed by atoms with Gasteiger partial charge in [0.15, 0.2) is 0 Å². The Morgan fingerprint density at radius 2 is 1.59 bits per heavy atom. The number of hydrogen-bond donors (Lipinski definition) is 1. The summed E-state index contributed by atoms with van der Waals surface area (Å²) < 4.78 is 31.7. The standard InChI is InChI=1S/C22H18BrN3O2S/c1-16-14-18(12-13-20(16)23)25-29(27,28)21-15-26(19-10-6-3-7-11-19)24-22(21)17-8-4-2-5-9-17/h2-15,25H,1H3. The van der Waals surface area contributed by atoms with E-state index >= 15 is 0 Å². The molecule has 0 radical (unpaired) electrons. The highest BCUT2D eigenvalue weighted by atomic mass is 79.9. The van der Waals surface area contributed by atoms with Gasteiger partial charge in [-0.15, -0.1) is 0 Å². The van der Waals surface area contributed by atoms with Crippen molar-refractivity contribution in [3.63, 3.8) is 0 Å². The number of sulfonamides is 1. The molecule has 0 saturated heterocycles. The molecule has 0 spiro atoms. The minimum Gasteiger partial charge on any atom is -0.280 e. The van der Waals surface area contributed by atoms with Crippen molar-refractivity contribution in [3.05, 3.63) is 95.1 Å². The summed E-state index contributed by atoms with van der Waals surface area (Å²) in [5.74, 6) is 0. The Hall–Kier alpha value is -2.90. The fraction of sp³-hybridized carbons (Fsp3) is 0.0455. The average molecular weight is 468 g/mol. The first-order chi connectivity index (χ1) is 13.9. The van der Waals surface area contributed by atoms with Gasteiger partial charge in [-0.25, -0.2) is 13.1 Å². The van der Waals surface area contributed by atoms with Crippen LogP contribution >= 0.6 is 15.9 Å². The molecule has 0 aliphatic heterocycles. The topological polar surface area (TPSA) is 64.0 Å². The van der Waals surface area contributed by atoms with Crippen LogP contribution in [-0.4, -0.2) is 18.2 Å². The first-order valence-corrected chi connectivity index (χ1v) is 11.2. The van der Waals surface area contributed by atoms with Crippen molar-refractivity contribution in [2.24, 2.45) is 0 Å². The van der Waals surface area contributed by atoms with Crippen LogP contribution in [-0.2, 0) is 10.0 Å². The fourth-order valence-electron chi connectivity index (χ4n) is 2.98. The second kappa shape index (κ2) is 7.85. The average Bonchev–Trinajstić information content (AvgIpc) is 3.19. The number of aromatic nitrogens is 2. The number of aryl methyl sites for hydroxylation is 1. The van der Waals surface area contributed by atoms with Crippen LogP contribution in [0, 0.1) is 6.92 Å². The zero-order valence-electron chi connectivity index (χ0n) is 15.6. The van der Waals surface area contributed by atoms with E-state index < -0.39 is 10.0 Å². The predicted molar refractivity (Wildman–Crippen MR) is 119 cm³/mol. The quantitative estimate of drug-likeness (QED) is 0.426. The van der Waals surface area contributed by atoms with Gasteiger partial charge in [0.1, 0.15) is 10.6 Å². The highest BCUT2D eigenvalue weighted by Crippen LogP contribution is 2.29. The van der Waals surface area contributed by atoms with E-state index in [4.69, 9.17) is 0 Å². The molecule has 0 aliphatic rings. The lowest BCUT2D eigenvalue weighted by atomic mass is 10.2. The van der Waals surface area contributed by atoms with Gasteiger partial charge in [-0.3, -0.25) is 4.72 Å². The van der Waals surface area contributed by atoms with Crippen LogP contribution in [0.2, 0.25) is 0 Å². The van der Waals surface area contributed by atoms with Gasteiger partial charge in [0.2, 0.25) is 0 Å². The summed E-state index contributed by atoms with van der Waals surface area (Å²) in [7, 11) is -3.86. The maximum Gasteiger partial charge on any atom is 0.265 e. The first-order valence-electron chi connectivity index (χ1n) is 8.93. The third-order valence-corrected chi connectivity index (χ3v) is 6.72. The van der Waals surface area contributed by atoms with Crippen LogP contribution in [0.25, 0.3) is 16.9 Å².